The molecule has 3 heterocycles. The van der Waals surface area contributed by atoms with E-state index in [4.69, 9.17) is 9.72 Å². The summed E-state index contributed by atoms with van der Waals surface area (Å²) in [4.78, 5) is 40.7. The molecule has 2 fully saturated rings. The molecule has 0 bridgehead atoms. The van der Waals surface area contributed by atoms with Crippen molar-refractivity contribution in [3.8, 4) is 0 Å². The number of hydrogen-bond acceptors (Lipinski definition) is 7. The number of hydrogen-bond donors (Lipinski definition) is 1. The van der Waals surface area contributed by atoms with Gasteiger partial charge in [-0.15, -0.1) is 0 Å². The zero-order valence-corrected chi connectivity index (χ0v) is 22.3. The van der Waals surface area contributed by atoms with Crippen LogP contribution in [0.15, 0.2) is 30.5 Å². The molecule has 198 valence electrons. The summed E-state index contributed by atoms with van der Waals surface area (Å²) in [7, 11) is 3.86. The van der Waals surface area contributed by atoms with E-state index >= 15 is 0 Å². The molecule has 0 spiro atoms. The van der Waals surface area contributed by atoms with Crippen LogP contribution in [0.3, 0.4) is 0 Å². The summed E-state index contributed by atoms with van der Waals surface area (Å²) < 4.78 is 6.33. The second-order valence-corrected chi connectivity index (χ2v) is 10.9. The summed E-state index contributed by atoms with van der Waals surface area (Å²) in [6, 6.07) is 8.20. The number of carbonyl (C=O) groups excluding carboxylic acids is 2. The van der Waals surface area contributed by atoms with Crippen molar-refractivity contribution in [1.82, 2.24) is 20.2 Å². The van der Waals surface area contributed by atoms with Gasteiger partial charge < -0.3 is 24.8 Å². The van der Waals surface area contributed by atoms with E-state index < -0.39 is 0 Å². The van der Waals surface area contributed by atoms with Gasteiger partial charge in [0.15, 0.2) is 0 Å². The third-order valence-corrected chi connectivity index (χ3v) is 7.49. The van der Waals surface area contributed by atoms with Crippen LogP contribution >= 0.6 is 0 Å². The Morgan fingerprint density at radius 1 is 1.27 bits per heavy atom. The maximum atomic E-state index is 13.5. The fourth-order valence-corrected chi connectivity index (χ4v) is 4.79. The molecule has 1 aliphatic carbocycles. The lowest BCUT2D eigenvalue weighted by Crippen LogP contribution is -2.34. The van der Waals surface area contributed by atoms with Gasteiger partial charge in [0, 0.05) is 58.1 Å². The number of likely N-dealkylation sites (N-methyl/N-ethyl adjacent to an activating group) is 1. The zero-order chi connectivity index (χ0) is 26.1. The van der Waals surface area contributed by atoms with E-state index in [0.29, 0.717) is 43.5 Å². The molecule has 1 aromatic heterocycles. The highest BCUT2D eigenvalue weighted by Crippen LogP contribution is 2.31. The van der Waals surface area contributed by atoms with Gasteiger partial charge in [0.05, 0.1) is 18.8 Å². The van der Waals surface area contributed by atoms with Crippen LogP contribution in [0.4, 0.5) is 11.5 Å². The monoisotopic (exact) mass is 506 g/mol. The van der Waals surface area contributed by atoms with E-state index in [0.717, 1.165) is 42.9 Å². The Kier molecular flexibility index (Phi) is 7.44. The van der Waals surface area contributed by atoms with Gasteiger partial charge in [0.2, 0.25) is 5.91 Å². The molecule has 5 rings (SSSR count). The lowest BCUT2D eigenvalue weighted by atomic mass is 10.0. The average molecular weight is 507 g/mol. The first kappa shape index (κ1) is 25.6. The predicted molar refractivity (Wildman–Crippen MR) is 143 cm³/mol. The molecule has 0 radical (unpaired) electrons. The number of aromatic nitrogens is 2. The van der Waals surface area contributed by atoms with Crippen LogP contribution in [0.25, 0.3) is 0 Å². The molecular weight excluding hydrogens is 468 g/mol. The van der Waals surface area contributed by atoms with Crippen LogP contribution in [0.5, 0.6) is 0 Å². The number of amides is 2. The number of rotatable bonds is 10. The average Bonchev–Trinajstić information content (AvgIpc) is 3.79. The van der Waals surface area contributed by atoms with Crippen molar-refractivity contribution < 1.29 is 14.3 Å². The first-order valence-electron chi connectivity index (χ1n) is 13.4. The Hall–Kier alpha value is -3.04. The Morgan fingerprint density at radius 3 is 2.76 bits per heavy atom. The second kappa shape index (κ2) is 10.8. The quantitative estimate of drug-likeness (QED) is 0.495. The minimum absolute atomic E-state index is 0.0470. The summed E-state index contributed by atoms with van der Waals surface area (Å²) in [5.41, 5.74) is 2.38. The molecule has 37 heavy (non-hydrogen) atoms. The lowest BCUT2D eigenvalue weighted by molar-refractivity contribution is -0.131. The van der Waals surface area contributed by atoms with Crippen LogP contribution in [0.1, 0.15) is 60.9 Å². The normalized spacial score (nSPS) is 20.0. The number of benzene rings is 1. The lowest BCUT2D eigenvalue weighted by Gasteiger charge is -2.25. The van der Waals surface area contributed by atoms with Crippen LogP contribution in [-0.2, 0) is 16.1 Å². The van der Waals surface area contributed by atoms with Gasteiger partial charge in [-0.05, 0) is 42.9 Å². The predicted octanol–water partition coefficient (Wildman–Crippen LogP) is 3.02. The maximum absolute atomic E-state index is 13.5. The van der Waals surface area contributed by atoms with E-state index in [2.05, 4.69) is 24.1 Å². The van der Waals surface area contributed by atoms with Crippen LogP contribution < -0.4 is 15.1 Å². The third kappa shape index (κ3) is 5.93. The molecule has 3 aliphatic rings. The van der Waals surface area contributed by atoms with E-state index in [1.807, 2.05) is 53.1 Å². The molecule has 2 amide bonds. The number of carbonyl (C=O) groups is 2. The van der Waals surface area contributed by atoms with Gasteiger partial charge in [-0.3, -0.25) is 9.59 Å². The zero-order valence-electron chi connectivity index (χ0n) is 22.3. The third-order valence-electron chi connectivity index (χ3n) is 7.49. The SMILES string of the molecule is CC(C)C(CCN(C)C(=O)C1CC1)OCc1cccc(N2CCN(C)c3nc(C4CN4)ncc3C2=O)c1. The van der Waals surface area contributed by atoms with E-state index in [9.17, 15) is 9.59 Å². The number of nitrogens with zero attached hydrogens (tertiary/aromatic N) is 5. The van der Waals surface area contributed by atoms with Crippen molar-refractivity contribution >= 4 is 23.3 Å². The molecule has 1 saturated carbocycles. The molecular formula is C28H38N6O3. The van der Waals surface area contributed by atoms with Gasteiger partial charge in [-0.25, -0.2) is 9.97 Å². The highest BCUT2D eigenvalue weighted by atomic mass is 16.5. The highest BCUT2D eigenvalue weighted by Gasteiger charge is 2.33. The largest absolute Gasteiger partial charge is 0.373 e. The molecule has 2 aromatic rings. The van der Waals surface area contributed by atoms with Crippen LogP contribution in [0, 0.1) is 11.8 Å². The van der Waals surface area contributed by atoms with Gasteiger partial charge in [0.1, 0.15) is 17.2 Å². The number of fused-ring (bicyclic) bond motifs is 1. The van der Waals surface area contributed by atoms with E-state index in [-0.39, 0.29) is 29.9 Å². The highest BCUT2D eigenvalue weighted by molar-refractivity contribution is 6.09. The Morgan fingerprint density at radius 2 is 2.05 bits per heavy atom. The summed E-state index contributed by atoms with van der Waals surface area (Å²) in [6.07, 6.45) is 4.57. The summed E-state index contributed by atoms with van der Waals surface area (Å²) in [5.74, 6) is 2.18. The van der Waals surface area contributed by atoms with Gasteiger partial charge >= 0.3 is 0 Å². The first-order chi connectivity index (χ1) is 17.8. The molecule has 2 unspecified atom stereocenters. The van der Waals surface area contributed by atoms with Crippen molar-refractivity contribution in [3.05, 3.63) is 47.4 Å². The molecule has 1 N–H and O–H groups in total. The van der Waals surface area contributed by atoms with Crippen molar-refractivity contribution in [2.24, 2.45) is 11.8 Å². The van der Waals surface area contributed by atoms with E-state index in [1.54, 1.807) is 6.20 Å². The number of ether oxygens (including phenoxy) is 1. The summed E-state index contributed by atoms with van der Waals surface area (Å²) in [6.45, 7) is 7.58. The van der Waals surface area contributed by atoms with E-state index in [1.165, 1.54) is 0 Å². The smallest absolute Gasteiger partial charge is 0.263 e. The molecule has 2 atom stereocenters. The first-order valence-corrected chi connectivity index (χ1v) is 13.4. The van der Waals surface area contributed by atoms with Gasteiger partial charge in [-0.1, -0.05) is 26.0 Å². The Balaban J connectivity index is 1.25. The number of nitrogens with one attached hydrogen (secondary N) is 1. The van der Waals surface area contributed by atoms with Crippen LogP contribution in [-0.4, -0.2) is 73.1 Å². The fraction of sp³-hybridized carbons (Fsp3) is 0.571. The van der Waals surface area contributed by atoms with Crippen molar-refractivity contribution in [2.45, 2.75) is 51.9 Å². The molecule has 9 nitrogen and oxygen atoms in total. The Bertz CT molecular complexity index is 1150. The van der Waals surface area contributed by atoms with Crippen molar-refractivity contribution in [3.63, 3.8) is 0 Å². The minimum atomic E-state index is -0.0869. The molecule has 1 aromatic carbocycles. The van der Waals surface area contributed by atoms with Crippen molar-refractivity contribution in [1.29, 1.82) is 0 Å². The number of anilines is 2. The van der Waals surface area contributed by atoms with Crippen molar-refractivity contribution in [2.75, 3.05) is 50.1 Å². The molecule has 9 heteroatoms. The second-order valence-electron chi connectivity index (χ2n) is 10.9. The topological polar surface area (TPSA) is 101 Å². The standard InChI is InChI=1S/C28H38N6O3/c1-18(2)24(10-11-33(4)27(35)20-8-9-20)37-17-19-6-5-7-21(14-19)34-13-12-32(3)26-22(28(34)36)15-30-25(31-26)23-16-29-23/h5-7,14-15,18,20,23-24,29H,8-13,16-17H2,1-4H3. The van der Waals surface area contributed by atoms with Gasteiger partial charge in [0.25, 0.3) is 5.91 Å². The fourth-order valence-electron chi connectivity index (χ4n) is 4.79. The molecule has 1 saturated heterocycles. The molecule has 2 aliphatic heterocycles. The summed E-state index contributed by atoms with van der Waals surface area (Å²) in [5, 5.41) is 3.22. The maximum Gasteiger partial charge on any atom is 0.263 e. The van der Waals surface area contributed by atoms with Crippen LogP contribution in [0.2, 0.25) is 0 Å². The van der Waals surface area contributed by atoms with Gasteiger partial charge in [-0.2, -0.15) is 0 Å². The minimum Gasteiger partial charge on any atom is -0.373 e. The summed E-state index contributed by atoms with van der Waals surface area (Å²) >= 11 is 0. The Labute approximate surface area is 219 Å².